The van der Waals surface area contributed by atoms with Gasteiger partial charge in [-0.2, -0.15) is 5.10 Å². The molecule has 21 heavy (non-hydrogen) atoms. The lowest BCUT2D eigenvalue weighted by atomic mass is 10.2. The van der Waals surface area contributed by atoms with Gasteiger partial charge in [-0.05, 0) is 24.6 Å². The molecular formula is C15H20N4O2. The third-order valence-corrected chi connectivity index (χ3v) is 3.31. The Balaban J connectivity index is 2.40. The topological polar surface area (TPSA) is 84.4 Å². The molecule has 6 nitrogen and oxygen atoms in total. The molecule has 2 aromatic rings. The maximum absolute atomic E-state index is 12.7. The van der Waals surface area contributed by atoms with Crippen molar-refractivity contribution in [2.75, 3.05) is 23.8 Å². The molecule has 0 saturated carbocycles. The summed E-state index contributed by atoms with van der Waals surface area (Å²) in [5, 5.41) is 13.5. The summed E-state index contributed by atoms with van der Waals surface area (Å²) >= 11 is 0. The van der Waals surface area contributed by atoms with E-state index in [9.17, 15) is 9.90 Å². The quantitative estimate of drug-likeness (QED) is 0.810. The zero-order chi connectivity index (χ0) is 15.4. The first kappa shape index (κ1) is 15.1. The molecule has 3 N–H and O–H groups in total. The molecule has 112 valence electrons. The summed E-state index contributed by atoms with van der Waals surface area (Å²) in [4.78, 5) is 14.2. The van der Waals surface area contributed by atoms with Crippen LogP contribution in [0, 0.1) is 0 Å². The summed E-state index contributed by atoms with van der Waals surface area (Å²) in [6.45, 7) is 2.02. The van der Waals surface area contributed by atoms with E-state index in [-0.39, 0.29) is 19.1 Å². The Morgan fingerprint density at radius 2 is 2.14 bits per heavy atom. The number of aliphatic hydroxyl groups excluding tert-OH is 1. The SMILES string of the molecule is CCc1cc(C(=O)N(CCO)c2ccccc2N)n(C)n1. The highest BCUT2D eigenvalue weighted by atomic mass is 16.3. The third kappa shape index (κ3) is 3.05. The largest absolute Gasteiger partial charge is 0.397 e. The minimum atomic E-state index is -0.225. The van der Waals surface area contributed by atoms with Crippen molar-refractivity contribution in [3.63, 3.8) is 0 Å². The molecule has 0 fully saturated rings. The second-order valence-electron chi connectivity index (χ2n) is 4.74. The minimum absolute atomic E-state index is 0.140. The Hall–Kier alpha value is -2.34. The molecule has 0 radical (unpaired) electrons. The van der Waals surface area contributed by atoms with Crippen LogP contribution in [0.25, 0.3) is 0 Å². The molecule has 0 aliphatic rings. The van der Waals surface area contributed by atoms with E-state index in [0.29, 0.717) is 17.1 Å². The molecule has 0 atom stereocenters. The fraction of sp³-hybridized carbons (Fsp3) is 0.333. The number of rotatable bonds is 5. The Labute approximate surface area is 123 Å². The number of hydrogen-bond acceptors (Lipinski definition) is 4. The number of carbonyl (C=O) groups excluding carboxylic acids is 1. The van der Waals surface area contributed by atoms with Crippen LogP contribution in [0.3, 0.4) is 0 Å². The van der Waals surface area contributed by atoms with Gasteiger partial charge in [-0.15, -0.1) is 0 Å². The normalized spacial score (nSPS) is 10.6. The maximum Gasteiger partial charge on any atom is 0.276 e. The van der Waals surface area contributed by atoms with Crippen LogP contribution in [0.4, 0.5) is 11.4 Å². The van der Waals surface area contributed by atoms with Crippen LogP contribution < -0.4 is 10.6 Å². The number of nitrogens with zero attached hydrogens (tertiary/aromatic N) is 3. The zero-order valence-corrected chi connectivity index (χ0v) is 12.3. The number of aliphatic hydroxyl groups is 1. The Morgan fingerprint density at radius 3 is 2.71 bits per heavy atom. The van der Waals surface area contributed by atoms with Gasteiger partial charge >= 0.3 is 0 Å². The average Bonchev–Trinajstić information content (AvgIpc) is 2.86. The number of anilines is 2. The van der Waals surface area contributed by atoms with Crippen LogP contribution in [0.1, 0.15) is 23.1 Å². The van der Waals surface area contributed by atoms with Gasteiger partial charge < -0.3 is 15.7 Å². The number of aryl methyl sites for hydroxylation is 2. The van der Waals surface area contributed by atoms with Crippen molar-refractivity contribution >= 4 is 17.3 Å². The number of carbonyl (C=O) groups is 1. The van der Waals surface area contributed by atoms with Gasteiger partial charge in [0.05, 0.1) is 23.7 Å². The third-order valence-electron chi connectivity index (χ3n) is 3.31. The van der Waals surface area contributed by atoms with Crippen LogP contribution >= 0.6 is 0 Å². The molecule has 1 aromatic carbocycles. The fourth-order valence-corrected chi connectivity index (χ4v) is 2.20. The molecule has 1 amide bonds. The Kier molecular flexibility index (Phi) is 4.59. The van der Waals surface area contributed by atoms with Crippen molar-refractivity contribution in [1.82, 2.24) is 9.78 Å². The van der Waals surface area contributed by atoms with Crippen LogP contribution in [0.15, 0.2) is 30.3 Å². The highest BCUT2D eigenvalue weighted by Crippen LogP contribution is 2.24. The summed E-state index contributed by atoms with van der Waals surface area (Å²) in [5.41, 5.74) is 8.36. The maximum atomic E-state index is 12.7. The molecule has 1 heterocycles. The lowest BCUT2D eigenvalue weighted by Gasteiger charge is -2.23. The molecule has 0 aliphatic carbocycles. The van der Waals surface area contributed by atoms with Crippen molar-refractivity contribution in [2.45, 2.75) is 13.3 Å². The molecule has 0 bridgehead atoms. The van der Waals surface area contributed by atoms with E-state index < -0.39 is 0 Å². The predicted octanol–water partition coefficient (Wildman–Crippen LogP) is 1.20. The van der Waals surface area contributed by atoms with Crippen LogP contribution in [0.2, 0.25) is 0 Å². The van der Waals surface area contributed by atoms with Crippen molar-refractivity contribution in [3.05, 3.63) is 41.7 Å². The lowest BCUT2D eigenvalue weighted by Crippen LogP contribution is -2.35. The smallest absolute Gasteiger partial charge is 0.276 e. The standard InChI is InChI=1S/C15H20N4O2/c1-3-11-10-14(18(2)17-11)15(21)19(8-9-20)13-7-5-4-6-12(13)16/h4-7,10,20H,3,8-9,16H2,1-2H3. The Bertz CT molecular complexity index is 636. The van der Waals surface area contributed by atoms with E-state index >= 15 is 0 Å². The number of nitrogen functional groups attached to an aromatic ring is 1. The number of para-hydroxylation sites is 2. The van der Waals surface area contributed by atoms with E-state index in [1.54, 1.807) is 36.0 Å². The fourth-order valence-electron chi connectivity index (χ4n) is 2.20. The highest BCUT2D eigenvalue weighted by molar-refractivity contribution is 6.06. The molecule has 0 unspecified atom stereocenters. The summed E-state index contributed by atoms with van der Waals surface area (Å²) in [5.74, 6) is -0.225. The monoisotopic (exact) mass is 288 g/mol. The van der Waals surface area contributed by atoms with Gasteiger partial charge in [-0.3, -0.25) is 9.48 Å². The predicted molar refractivity (Wildman–Crippen MR) is 82.2 cm³/mol. The summed E-state index contributed by atoms with van der Waals surface area (Å²) in [7, 11) is 1.73. The van der Waals surface area contributed by atoms with Gasteiger partial charge in [0.1, 0.15) is 5.69 Å². The van der Waals surface area contributed by atoms with E-state index in [1.165, 1.54) is 4.90 Å². The lowest BCUT2D eigenvalue weighted by molar-refractivity contribution is 0.0972. The van der Waals surface area contributed by atoms with E-state index in [0.717, 1.165) is 12.1 Å². The molecule has 6 heteroatoms. The summed E-state index contributed by atoms with van der Waals surface area (Å²) in [6.07, 6.45) is 0.759. The van der Waals surface area contributed by atoms with Crippen molar-refractivity contribution < 1.29 is 9.90 Å². The van der Waals surface area contributed by atoms with E-state index in [4.69, 9.17) is 5.73 Å². The van der Waals surface area contributed by atoms with Gasteiger partial charge in [-0.25, -0.2) is 0 Å². The first-order chi connectivity index (χ1) is 10.1. The number of nitrogens with two attached hydrogens (primary N) is 1. The molecule has 2 rings (SSSR count). The van der Waals surface area contributed by atoms with Crippen LogP contribution in [-0.2, 0) is 13.5 Å². The van der Waals surface area contributed by atoms with Crippen molar-refractivity contribution in [1.29, 1.82) is 0 Å². The highest BCUT2D eigenvalue weighted by Gasteiger charge is 2.22. The zero-order valence-electron chi connectivity index (χ0n) is 12.3. The number of hydrogen-bond donors (Lipinski definition) is 2. The van der Waals surface area contributed by atoms with Crippen molar-refractivity contribution in [2.24, 2.45) is 7.05 Å². The van der Waals surface area contributed by atoms with Gasteiger partial charge in [0.2, 0.25) is 0 Å². The number of amides is 1. The minimum Gasteiger partial charge on any atom is -0.397 e. The second-order valence-corrected chi connectivity index (χ2v) is 4.74. The van der Waals surface area contributed by atoms with Gasteiger partial charge in [0.25, 0.3) is 5.91 Å². The van der Waals surface area contributed by atoms with Crippen LogP contribution in [-0.4, -0.2) is 33.9 Å². The molecule has 0 spiro atoms. The number of aromatic nitrogens is 2. The molecule has 1 aromatic heterocycles. The van der Waals surface area contributed by atoms with E-state index in [1.807, 2.05) is 13.0 Å². The Morgan fingerprint density at radius 1 is 1.43 bits per heavy atom. The van der Waals surface area contributed by atoms with Crippen molar-refractivity contribution in [3.8, 4) is 0 Å². The number of benzene rings is 1. The summed E-state index contributed by atoms with van der Waals surface area (Å²) < 4.78 is 1.56. The van der Waals surface area contributed by atoms with E-state index in [2.05, 4.69) is 5.10 Å². The second kappa shape index (κ2) is 6.41. The first-order valence-electron chi connectivity index (χ1n) is 6.88. The van der Waals surface area contributed by atoms with Crippen LogP contribution in [0.5, 0.6) is 0 Å². The average molecular weight is 288 g/mol. The molecule has 0 saturated heterocycles. The van der Waals surface area contributed by atoms with Gasteiger partial charge in [0, 0.05) is 13.6 Å². The van der Waals surface area contributed by atoms with Gasteiger partial charge in [0.15, 0.2) is 0 Å². The first-order valence-corrected chi connectivity index (χ1v) is 6.88. The van der Waals surface area contributed by atoms with Gasteiger partial charge in [-0.1, -0.05) is 19.1 Å². The molecule has 0 aliphatic heterocycles. The summed E-state index contributed by atoms with van der Waals surface area (Å²) in [6, 6.07) is 8.88. The molecular weight excluding hydrogens is 268 g/mol.